The molecular weight excluding hydrogens is 182 g/mol. The first-order valence-electron chi connectivity index (χ1n) is 5.11. The number of para-hydroxylation sites is 1. The first-order chi connectivity index (χ1) is 6.56. The molecular formula is C14H21N. The summed E-state index contributed by atoms with van der Waals surface area (Å²) in [6.45, 7) is 6.82. The second-order valence-electron chi connectivity index (χ2n) is 5.10. The molecule has 1 heteroatoms. The SMILES string of the molecule is C.CC(C)(C)Cc1c[nH]c2ccccc12. The van der Waals surface area contributed by atoms with Crippen LogP contribution in [0.2, 0.25) is 0 Å². The van der Waals surface area contributed by atoms with Gasteiger partial charge in [-0.15, -0.1) is 0 Å². The standard InChI is InChI=1S/C13H17N.CH4/c1-13(2,3)8-10-9-14-12-7-5-4-6-11(10)12;/h4-7,9,14H,8H2,1-3H3;1H4. The molecule has 0 saturated carbocycles. The topological polar surface area (TPSA) is 15.8 Å². The van der Waals surface area contributed by atoms with Gasteiger partial charge in [-0.2, -0.15) is 0 Å². The van der Waals surface area contributed by atoms with E-state index in [0.717, 1.165) is 6.42 Å². The summed E-state index contributed by atoms with van der Waals surface area (Å²) >= 11 is 0. The number of nitrogens with one attached hydrogen (secondary N) is 1. The second-order valence-corrected chi connectivity index (χ2v) is 5.10. The summed E-state index contributed by atoms with van der Waals surface area (Å²) in [4.78, 5) is 3.31. The van der Waals surface area contributed by atoms with Crippen molar-refractivity contribution < 1.29 is 0 Å². The van der Waals surface area contributed by atoms with Gasteiger partial charge in [0, 0.05) is 17.1 Å². The molecule has 82 valence electrons. The summed E-state index contributed by atoms with van der Waals surface area (Å²) in [5.41, 5.74) is 3.02. The Kier molecular flexibility index (Phi) is 3.23. The van der Waals surface area contributed by atoms with Gasteiger partial charge in [0.2, 0.25) is 0 Å². The zero-order valence-corrected chi connectivity index (χ0v) is 9.09. The minimum absolute atomic E-state index is 0. The lowest BCUT2D eigenvalue weighted by molar-refractivity contribution is 0.412. The zero-order valence-electron chi connectivity index (χ0n) is 9.09. The molecule has 1 aromatic heterocycles. The maximum Gasteiger partial charge on any atom is 0.0456 e. The highest BCUT2D eigenvalue weighted by molar-refractivity contribution is 5.83. The number of H-pyrrole nitrogens is 1. The Morgan fingerprint density at radius 2 is 1.80 bits per heavy atom. The van der Waals surface area contributed by atoms with Gasteiger partial charge in [-0.25, -0.2) is 0 Å². The van der Waals surface area contributed by atoms with E-state index in [9.17, 15) is 0 Å². The molecule has 0 fully saturated rings. The average molecular weight is 203 g/mol. The minimum Gasteiger partial charge on any atom is -0.361 e. The van der Waals surface area contributed by atoms with Gasteiger partial charge in [0.15, 0.2) is 0 Å². The van der Waals surface area contributed by atoms with E-state index in [1.807, 2.05) is 0 Å². The van der Waals surface area contributed by atoms with Gasteiger partial charge in [-0.05, 0) is 23.5 Å². The van der Waals surface area contributed by atoms with Crippen LogP contribution in [0.4, 0.5) is 0 Å². The fourth-order valence-electron chi connectivity index (χ4n) is 1.85. The highest BCUT2D eigenvalue weighted by atomic mass is 14.7. The molecule has 15 heavy (non-hydrogen) atoms. The highest BCUT2D eigenvalue weighted by Crippen LogP contribution is 2.26. The zero-order chi connectivity index (χ0) is 10.2. The molecule has 1 heterocycles. The number of hydrogen-bond acceptors (Lipinski definition) is 0. The Morgan fingerprint density at radius 1 is 1.13 bits per heavy atom. The predicted octanol–water partition coefficient (Wildman–Crippen LogP) is 4.39. The van der Waals surface area contributed by atoms with Gasteiger partial charge in [0.05, 0.1) is 0 Å². The van der Waals surface area contributed by atoms with E-state index < -0.39 is 0 Å². The molecule has 0 spiro atoms. The molecule has 0 aliphatic carbocycles. The molecule has 1 aromatic carbocycles. The molecule has 0 unspecified atom stereocenters. The van der Waals surface area contributed by atoms with Crippen molar-refractivity contribution in [1.29, 1.82) is 0 Å². The smallest absolute Gasteiger partial charge is 0.0456 e. The number of rotatable bonds is 1. The molecule has 0 amide bonds. The molecule has 1 N–H and O–H groups in total. The van der Waals surface area contributed by atoms with E-state index in [1.165, 1.54) is 16.5 Å². The summed E-state index contributed by atoms with van der Waals surface area (Å²) in [6.07, 6.45) is 3.26. The Bertz CT molecular complexity index is 432. The van der Waals surface area contributed by atoms with Crippen molar-refractivity contribution in [2.75, 3.05) is 0 Å². The molecule has 0 aliphatic rings. The highest BCUT2D eigenvalue weighted by Gasteiger charge is 2.13. The first kappa shape index (κ1) is 11.8. The first-order valence-corrected chi connectivity index (χ1v) is 5.11. The molecule has 0 bridgehead atoms. The van der Waals surface area contributed by atoms with Crippen LogP contribution < -0.4 is 0 Å². The molecule has 0 aliphatic heterocycles. The fourth-order valence-corrected chi connectivity index (χ4v) is 1.85. The van der Waals surface area contributed by atoms with Crippen LogP contribution in [0.3, 0.4) is 0 Å². The average Bonchev–Trinajstić information content (AvgIpc) is 2.47. The third kappa shape index (κ3) is 2.62. The lowest BCUT2D eigenvalue weighted by Gasteiger charge is -2.17. The number of aromatic amines is 1. The van der Waals surface area contributed by atoms with E-state index in [0.29, 0.717) is 5.41 Å². The Labute approximate surface area is 92.5 Å². The third-order valence-corrected chi connectivity index (χ3v) is 2.40. The van der Waals surface area contributed by atoms with Crippen molar-refractivity contribution in [2.45, 2.75) is 34.6 Å². The molecule has 0 radical (unpaired) electrons. The quantitative estimate of drug-likeness (QED) is 0.707. The van der Waals surface area contributed by atoms with Gasteiger partial charge in [-0.3, -0.25) is 0 Å². The maximum atomic E-state index is 3.31. The van der Waals surface area contributed by atoms with Crippen LogP contribution in [0.5, 0.6) is 0 Å². The number of aromatic nitrogens is 1. The van der Waals surface area contributed by atoms with Crippen molar-refractivity contribution in [2.24, 2.45) is 5.41 Å². The van der Waals surface area contributed by atoms with Gasteiger partial charge >= 0.3 is 0 Å². The van der Waals surface area contributed by atoms with Crippen molar-refractivity contribution >= 4 is 10.9 Å². The van der Waals surface area contributed by atoms with E-state index in [1.54, 1.807) is 0 Å². The van der Waals surface area contributed by atoms with Crippen LogP contribution in [-0.2, 0) is 6.42 Å². The van der Waals surface area contributed by atoms with Crippen LogP contribution in [0.15, 0.2) is 30.5 Å². The van der Waals surface area contributed by atoms with Crippen LogP contribution in [0.1, 0.15) is 33.8 Å². The molecule has 0 atom stereocenters. The molecule has 1 nitrogen and oxygen atoms in total. The summed E-state index contributed by atoms with van der Waals surface area (Å²) in [6, 6.07) is 8.48. The number of hydrogen-bond donors (Lipinski definition) is 1. The van der Waals surface area contributed by atoms with Crippen LogP contribution in [-0.4, -0.2) is 4.98 Å². The van der Waals surface area contributed by atoms with E-state index >= 15 is 0 Å². The van der Waals surface area contributed by atoms with Crippen molar-refractivity contribution in [1.82, 2.24) is 4.98 Å². The summed E-state index contributed by atoms with van der Waals surface area (Å²) < 4.78 is 0. The van der Waals surface area contributed by atoms with E-state index in [-0.39, 0.29) is 7.43 Å². The van der Waals surface area contributed by atoms with Gasteiger partial charge in [0.25, 0.3) is 0 Å². The van der Waals surface area contributed by atoms with Crippen LogP contribution in [0.25, 0.3) is 10.9 Å². The van der Waals surface area contributed by atoms with Gasteiger partial charge in [0.1, 0.15) is 0 Å². The van der Waals surface area contributed by atoms with Crippen LogP contribution in [0, 0.1) is 5.41 Å². The van der Waals surface area contributed by atoms with Gasteiger partial charge < -0.3 is 4.98 Å². The monoisotopic (exact) mass is 203 g/mol. The fraction of sp³-hybridized carbons (Fsp3) is 0.429. The normalized spacial score (nSPS) is 11.4. The van der Waals surface area contributed by atoms with Crippen LogP contribution >= 0.6 is 0 Å². The second kappa shape index (κ2) is 4.09. The summed E-state index contributed by atoms with van der Waals surface area (Å²) in [7, 11) is 0. The predicted molar refractivity (Wildman–Crippen MR) is 68.2 cm³/mol. The Morgan fingerprint density at radius 3 is 2.47 bits per heavy atom. The largest absolute Gasteiger partial charge is 0.361 e. The molecule has 2 rings (SSSR count). The van der Waals surface area contributed by atoms with Crippen molar-refractivity contribution in [3.8, 4) is 0 Å². The van der Waals surface area contributed by atoms with E-state index in [4.69, 9.17) is 0 Å². The minimum atomic E-state index is 0. The van der Waals surface area contributed by atoms with Crippen molar-refractivity contribution in [3.05, 3.63) is 36.0 Å². The third-order valence-electron chi connectivity index (χ3n) is 2.40. The lowest BCUT2D eigenvalue weighted by atomic mass is 9.88. The van der Waals surface area contributed by atoms with E-state index in [2.05, 4.69) is 56.2 Å². The molecule has 2 aromatic rings. The maximum absolute atomic E-state index is 3.31. The Hall–Kier alpha value is -1.24. The van der Waals surface area contributed by atoms with Gasteiger partial charge in [-0.1, -0.05) is 46.4 Å². The summed E-state index contributed by atoms with van der Waals surface area (Å²) in [5, 5.41) is 1.36. The van der Waals surface area contributed by atoms with Crippen molar-refractivity contribution in [3.63, 3.8) is 0 Å². The lowest BCUT2D eigenvalue weighted by Crippen LogP contribution is -2.08. The number of benzene rings is 1. The Balaban J connectivity index is 0.00000112. The number of fused-ring (bicyclic) bond motifs is 1. The molecule has 0 saturated heterocycles. The summed E-state index contributed by atoms with van der Waals surface area (Å²) in [5.74, 6) is 0.